The van der Waals surface area contributed by atoms with E-state index in [4.69, 9.17) is 11.1 Å². The lowest BCUT2D eigenvalue weighted by atomic mass is 10.1. The zero-order chi connectivity index (χ0) is 14.5. The van der Waals surface area contributed by atoms with Crippen LogP contribution in [0.4, 0.5) is 0 Å². The van der Waals surface area contributed by atoms with Crippen molar-refractivity contribution in [2.75, 3.05) is 0 Å². The van der Waals surface area contributed by atoms with Gasteiger partial charge in [0.2, 0.25) is 0 Å². The molecule has 0 aliphatic heterocycles. The third-order valence-corrected chi connectivity index (χ3v) is 2.48. The fraction of sp³-hybridized carbons (Fsp3) is 0. The van der Waals surface area contributed by atoms with Crippen LogP contribution >= 0.6 is 0 Å². The van der Waals surface area contributed by atoms with Gasteiger partial charge in [-0.15, -0.1) is 0 Å². The smallest absolute Gasteiger partial charge is 0.267 e. The number of nitrogens with zero attached hydrogens (tertiary/aromatic N) is 4. The molecule has 0 spiro atoms. The maximum absolute atomic E-state index is 12.1. The van der Waals surface area contributed by atoms with Crippen LogP contribution < -0.4 is 5.84 Å². The molecule has 20 heavy (non-hydrogen) atoms. The van der Waals surface area contributed by atoms with Gasteiger partial charge in [0.25, 0.3) is 11.8 Å². The minimum Gasteiger partial charge on any atom is -0.267 e. The number of nitriles is 1. The first-order chi connectivity index (χ1) is 9.63. The van der Waals surface area contributed by atoms with E-state index < -0.39 is 11.8 Å². The predicted octanol–water partition coefficient (Wildman–Crippen LogP) is 0.505. The molecule has 2 aromatic rings. The Labute approximate surface area is 114 Å². The Morgan fingerprint density at radius 3 is 2.45 bits per heavy atom. The number of nitrogens with two attached hydrogens (primary N) is 1. The summed E-state index contributed by atoms with van der Waals surface area (Å²) in [6.07, 6.45) is 3.78. The summed E-state index contributed by atoms with van der Waals surface area (Å²) in [4.78, 5) is 31.4. The van der Waals surface area contributed by atoms with Crippen LogP contribution in [0.5, 0.6) is 0 Å². The van der Waals surface area contributed by atoms with Gasteiger partial charge in [0.05, 0.1) is 17.2 Å². The molecule has 0 atom stereocenters. The van der Waals surface area contributed by atoms with Crippen LogP contribution in [0.15, 0.2) is 43.0 Å². The standard InChI is InChI=1S/C13H9N5O2/c14-5-9-2-1-3-10(4-9)12(19)18(15)13(20)11-6-16-8-17-7-11/h1-4,6-8H,15H2. The zero-order valence-electron chi connectivity index (χ0n) is 10.2. The van der Waals surface area contributed by atoms with Crippen LogP contribution in [0.3, 0.4) is 0 Å². The minimum absolute atomic E-state index is 0.0970. The summed E-state index contributed by atoms with van der Waals surface area (Å²) >= 11 is 0. The Hall–Kier alpha value is -3.11. The Bertz CT molecular complexity index is 693. The van der Waals surface area contributed by atoms with E-state index in [-0.39, 0.29) is 11.1 Å². The highest BCUT2D eigenvalue weighted by atomic mass is 16.2. The van der Waals surface area contributed by atoms with E-state index in [0.717, 1.165) is 0 Å². The molecule has 7 heteroatoms. The summed E-state index contributed by atoms with van der Waals surface area (Å²) in [5, 5.41) is 9.25. The largest absolute Gasteiger partial charge is 0.278 e. The van der Waals surface area contributed by atoms with Crippen molar-refractivity contribution in [3.05, 3.63) is 59.7 Å². The fourth-order valence-electron chi connectivity index (χ4n) is 1.50. The number of imide groups is 1. The van der Waals surface area contributed by atoms with Crippen molar-refractivity contribution in [1.82, 2.24) is 15.0 Å². The Morgan fingerprint density at radius 1 is 1.15 bits per heavy atom. The van der Waals surface area contributed by atoms with Crippen LogP contribution in [0.2, 0.25) is 0 Å². The van der Waals surface area contributed by atoms with Crippen LogP contribution in [-0.2, 0) is 0 Å². The quantitative estimate of drug-likeness (QED) is 0.367. The van der Waals surface area contributed by atoms with Gasteiger partial charge in [-0.2, -0.15) is 5.26 Å². The summed E-state index contributed by atoms with van der Waals surface area (Å²) in [5.41, 5.74) is 0.552. The maximum atomic E-state index is 12.1. The summed E-state index contributed by atoms with van der Waals surface area (Å²) in [7, 11) is 0. The molecule has 1 aromatic carbocycles. The number of hydrogen-bond acceptors (Lipinski definition) is 6. The molecule has 1 aromatic heterocycles. The van der Waals surface area contributed by atoms with Gasteiger partial charge in [-0.05, 0) is 18.2 Å². The molecule has 0 bridgehead atoms. The molecule has 0 aliphatic rings. The highest BCUT2D eigenvalue weighted by Crippen LogP contribution is 2.08. The second-order valence-corrected chi connectivity index (χ2v) is 3.80. The van der Waals surface area contributed by atoms with Crippen molar-refractivity contribution in [3.63, 3.8) is 0 Å². The molecular formula is C13H9N5O2. The van der Waals surface area contributed by atoms with Gasteiger partial charge in [-0.25, -0.2) is 20.8 Å². The summed E-state index contributed by atoms with van der Waals surface area (Å²) < 4.78 is 0. The monoisotopic (exact) mass is 267 g/mol. The van der Waals surface area contributed by atoms with E-state index >= 15 is 0 Å². The van der Waals surface area contributed by atoms with Gasteiger partial charge in [0, 0.05) is 18.0 Å². The minimum atomic E-state index is -0.724. The van der Waals surface area contributed by atoms with Crippen molar-refractivity contribution < 1.29 is 9.59 Å². The van der Waals surface area contributed by atoms with Gasteiger partial charge >= 0.3 is 0 Å². The van der Waals surface area contributed by atoms with Crippen LogP contribution in [-0.4, -0.2) is 26.8 Å². The van der Waals surface area contributed by atoms with E-state index in [1.165, 1.54) is 36.9 Å². The third-order valence-electron chi connectivity index (χ3n) is 2.48. The first kappa shape index (κ1) is 13.3. The van der Waals surface area contributed by atoms with E-state index in [1.54, 1.807) is 6.07 Å². The summed E-state index contributed by atoms with van der Waals surface area (Å²) in [6.45, 7) is 0. The molecule has 0 saturated heterocycles. The molecule has 2 rings (SSSR count). The van der Waals surface area contributed by atoms with Crippen LogP contribution in [0, 0.1) is 11.3 Å². The maximum Gasteiger partial charge on any atom is 0.278 e. The molecule has 0 unspecified atom stereocenters. The topological polar surface area (TPSA) is 113 Å². The molecular weight excluding hydrogens is 258 g/mol. The number of aromatic nitrogens is 2. The number of hydrazine groups is 1. The van der Waals surface area contributed by atoms with E-state index in [2.05, 4.69) is 9.97 Å². The van der Waals surface area contributed by atoms with Gasteiger partial charge < -0.3 is 0 Å². The average molecular weight is 267 g/mol. The highest BCUT2D eigenvalue weighted by molar-refractivity contribution is 6.09. The first-order valence-electron chi connectivity index (χ1n) is 5.52. The van der Waals surface area contributed by atoms with Gasteiger partial charge in [-0.1, -0.05) is 6.07 Å². The van der Waals surface area contributed by atoms with Crippen LogP contribution in [0.25, 0.3) is 0 Å². The molecule has 0 aliphatic carbocycles. The normalized spacial score (nSPS) is 9.60. The Balaban J connectivity index is 2.25. The van der Waals surface area contributed by atoms with Gasteiger partial charge in [-0.3, -0.25) is 9.59 Å². The second-order valence-electron chi connectivity index (χ2n) is 3.80. The number of carbonyl (C=O) groups is 2. The summed E-state index contributed by atoms with van der Waals surface area (Å²) in [6, 6.07) is 7.82. The lowest BCUT2D eigenvalue weighted by molar-refractivity contribution is 0.0615. The van der Waals surface area contributed by atoms with Crippen molar-refractivity contribution >= 4 is 11.8 Å². The number of carbonyl (C=O) groups excluding carboxylic acids is 2. The lowest BCUT2D eigenvalue weighted by Crippen LogP contribution is -2.42. The SMILES string of the molecule is N#Cc1cccc(C(=O)N(N)C(=O)c2cncnc2)c1. The summed E-state index contributed by atoms with van der Waals surface area (Å²) in [5.74, 6) is 4.08. The zero-order valence-corrected chi connectivity index (χ0v) is 10.2. The predicted molar refractivity (Wildman–Crippen MR) is 67.9 cm³/mol. The number of amides is 2. The Morgan fingerprint density at radius 2 is 1.80 bits per heavy atom. The molecule has 98 valence electrons. The third kappa shape index (κ3) is 2.66. The van der Waals surface area contributed by atoms with Crippen LogP contribution in [0.1, 0.15) is 26.3 Å². The van der Waals surface area contributed by atoms with Crippen molar-refractivity contribution in [3.8, 4) is 6.07 Å². The van der Waals surface area contributed by atoms with Crippen molar-refractivity contribution in [2.24, 2.45) is 5.84 Å². The fourth-order valence-corrected chi connectivity index (χ4v) is 1.50. The number of rotatable bonds is 2. The lowest BCUT2D eigenvalue weighted by Gasteiger charge is -2.14. The highest BCUT2D eigenvalue weighted by Gasteiger charge is 2.21. The number of hydrogen-bond donors (Lipinski definition) is 1. The van der Waals surface area contributed by atoms with Gasteiger partial charge in [0.15, 0.2) is 0 Å². The second kappa shape index (κ2) is 5.69. The van der Waals surface area contributed by atoms with E-state index in [1.807, 2.05) is 6.07 Å². The van der Waals surface area contributed by atoms with Gasteiger partial charge in [0.1, 0.15) is 6.33 Å². The Kier molecular flexibility index (Phi) is 3.79. The van der Waals surface area contributed by atoms with Crippen molar-refractivity contribution in [2.45, 2.75) is 0 Å². The molecule has 2 N–H and O–H groups in total. The number of benzene rings is 1. The molecule has 7 nitrogen and oxygen atoms in total. The first-order valence-corrected chi connectivity index (χ1v) is 5.52. The molecule has 0 saturated carbocycles. The average Bonchev–Trinajstić information content (AvgIpc) is 2.53. The molecule has 1 heterocycles. The van der Waals surface area contributed by atoms with E-state index in [0.29, 0.717) is 10.6 Å². The molecule has 0 radical (unpaired) electrons. The molecule has 0 fully saturated rings. The van der Waals surface area contributed by atoms with E-state index in [9.17, 15) is 9.59 Å². The molecule has 2 amide bonds. The van der Waals surface area contributed by atoms with Crippen molar-refractivity contribution in [1.29, 1.82) is 5.26 Å².